The third-order valence-electron chi connectivity index (χ3n) is 6.04. The Kier molecular flexibility index (Phi) is 9.79. The highest BCUT2D eigenvalue weighted by molar-refractivity contribution is 7.39. The standard InChI is InChI=1S/C27H30NO6P/c29-24(30)17-16-23(27(31)32)26(35(33)34)25(22-14-8-3-9-15-22)28(18-20-10-4-1-5-11-20)19-21-12-6-2-7-13-21/h1-15,23,25-26,35H,16-19H2,(H,29,30)(H,31,32)(H,33,34). The molecule has 3 rings (SSSR count). The van der Waals surface area contributed by atoms with E-state index < -0.39 is 44.0 Å². The van der Waals surface area contributed by atoms with Crippen molar-refractivity contribution in [3.05, 3.63) is 108 Å². The third kappa shape index (κ3) is 7.62. The number of aliphatic carboxylic acids is 2. The molecule has 0 amide bonds. The molecule has 0 radical (unpaired) electrons. The largest absolute Gasteiger partial charge is 0.481 e. The lowest BCUT2D eigenvalue weighted by atomic mass is 9.89. The minimum absolute atomic E-state index is 0.236. The first-order chi connectivity index (χ1) is 16.9. The summed E-state index contributed by atoms with van der Waals surface area (Å²) < 4.78 is 12.9. The predicted molar refractivity (Wildman–Crippen MR) is 134 cm³/mol. The second kappa shape index (κ2) is 13.0. The zero-order chi connectivity index (χ0) is 25.2. The molecule has 3 N–H and O–H groups in total. The molecule has 4 unspecified atom stereocenters. The molecule has 0 spiro atoms. The van der Waals surface area contributed by atoms with Gasteiger partial charge in [-0.05, 0) is 23.1 Å². The molecule has 4 atom stereocenters. The van der Waals surface area contributed by atoms with E-state index in [0.717, 1.165) is 11.1 Å². The van der Waals surface area contributed by atoms with E-state index in [1.807, 2.05) is 95.9 Å². The third-order valence-corrected chi connectivity index (χ3v) is 7.33. The topological polar surface area (TPSA) is 115 Å². The first-order valence-electron chi connectivity index (χ1n) is 11.4. The molecule has 3 aromatic carbocycles. The van der Waals surface area contributed by atoms with Crippen LogP contribution >= 0.6 is 8.03 Å². The van der Waals surface area contributed by atoms with Crippen LogP contribution < -0.4 is 0 Å². The quantitative estimate of drug-likeness (QED) is 0.291. The normalized spacial score (nSPS) is 14.7. The van der Waals surface area contributed by atoms with Crippen LogP contribution in [0.3, 0.4) is 0 Å². The van der Waals surface area contributed by atoms with Gasteiger partial charge in [-0.3, -0.25) is 19.1 Å². The van der Waals surface area contributed by atoms with Gasteiger partial charge in [-0.15, -0.1) is 0 Å². The van der Waals surface area contributed by atoms with Crippen molar-refractivity contribution in [1.29, 1.82) is 0 Å². The van der Waals surface area contributed by atoms with Gasteiger partial charge >= 0.3 is 11.9 Å². The molecule has 0 bridgehead atoms. The van der Waals surface area contributed by atoms with Crippen molar-refractivity contribution >= 4 is 20.0 Å². The molecular formula is C27H30NO6P. The molecular weight excluding hydrogens is 465 g/mol. The van der Waals surface area contributed by atoms with Crippen LogP contribution in [0.25, 0.3) is 0 Å². The van der Waals surface area contributed by atoms with Gasteiger partial charge in [0.05, 0.1) is 11.6 Å². The summed E-state index contributed by atoms with van der Waals surface area (Å²) in [6, 6.07) is 27.6. The van der Waals surface area contributed by atoms with E-state index in [1.165, 1.54) is 0 Å². The number of carboxylic acid groups (broad SMARTS) is 2. The van der Waals surface area contributed by atoms with Crippen molar-refractivity contribution in [3.8, 4) is 0 Å². The first kappa shape index (κ1) is 26.4. The van der Waals surface area contributed by atoms with Gasteiger partial charge in [0, 0.05) is 25.6 Å². The van der Waals surface area contributed by atoms with E-state index in [2.05, 4.69) is 0 Å². The second-order valence-corrected chi connectivity index (χ2v) is 9.82. The molecule has 184 valence electrons. The zero-order valence-electron chi connectivity index (χ0n) is 19.2. The van der Waals surface area contributed by atoms with Gasteiger partial charge in [0.25, 0.3) is 0 Å². The van der Waals surface area contributed by atoms with E-state index in [0.29, 0.717) is 18.7 Å². The van der Waals surface area contributed by atoms with Gasteiger partial charge in [0.1, 0.15) is 0 Å². The van der Waals surface area contributed by atoms with Gasteiger partial charge in [-0.25, -0.2) is 0 Å². The van der Waals surface area contributed by atoms with E-state index >= 15 is 0 Å². The Morgan fingerprint density at radius 1 is 0.771 bits per heavy atom. The molecule has 0 saturated carbocycles. The SMILES string of the molecule is O=C(O)CCC(C(=O)O)C(C(c1ccccc1)N(Cc1ccccc1)Cc1ccccc1)[PH](=O)O. The van der Waals surface area contributed by atoms with Crippen LogP contribution in [-0.4, -0.2) is 37.6 Å². The summed E-state index contributed by atoms with van der Waals surface area (Å²) in [6.07, 6.45) is -0.637. The van der Waals surface area contributed by atoms with E-state index in [-0.39, 0.29) is 6.42 Å². The smallest absolute Gasteiger partial charge is 0.307 e. The fraction of sp³-hybridized carbons (Fsp3) is 0.259. The van der Waals surface area contributed by atoms with Crippen LogP contribution in [0, 0.1) is 5.92 Å². The fourth-order valence-corrected chi connectivity index (χ4v) is 5.77. The molecule has 0 aromatic heterocycles. The van der Waals surface area contributed by atoms with Gasteiger partial charge in [0.2, 0.25) is 0 Å². The predicted octanol–water partition coefficient (Wildman–Crippen LogP) is 4.83. The Balaban J connectivity index is 2.13. The summed E-state index contributed by atoms with van der Waals surface area (Å²) in [5.41, 5.74) is 1.46. The summed E-state index contributed by atoms with van der Waals surface area (Å²) in [5.74, 6) is -3.72. The fourth-order valence-electron chi connectivity index (χ4n) is 4.45. The van der Waals surface area contributed by atoms with E-state index in [9.17, 15) is 29.3 Å². The van der Waals surface area contributed by atoms with Crippen LogP contribution in [0.5, 0.6) is 0 Å². The highest BCUT2D eigenvalue weighted by Crippen LogP contribution is 2.44. The highest BCUT2D eigenvalue weighted by Gasteiger charge is 2.41. The van der Waals surface area contributed by atoms with Crippen LogP contribution in [0.4, 0.5) is 0 Å². The Hall–Kier alpha value is -3.25. The van der Waals surface area contributed by atoms with Crippen molar-refractivity contribution in [3.63, 3.8) is 0 Å². The number of carboxylic acids is 2. The van der Waals surface area contributed by atoms with Crippen LogP contribution in [0.1, 0.15) is 35.6 Å². The number of hydrogen-bond acceptors (Lipinski definition) is 4. The molecule has 0 fully saturated rings. The average Bonchev–Trinajstić information content (AvgIpc) is 2.84. The molecule has 0 saturated heterocycles. The highest BCUT2D eigenvalue weighted by atomic mass is 31.1. The van der Waals surface area contributed by atoms with Gasteiger partial charge < -0.3 is 15.1 Å². The van der Waals surface area contributed by atoms with Crippen LogP contribution in [-0.2, 0) is 27.2 Å². The number of carbonyl (C=O) groups is 2. The molecule has 7 nitrogen and oxygen atoms in total. The number of rotatable bonds is 13. The summed E-state index contributed by atoms with van der Waals surface area (Å²) >= 11 is 0. The van der Waals surface area contributed by atoms with Crippen LogP contribution in [0.2, 0.25) is 0 Å². The van der Waals surface area contributed by atoms with E-state index in [4.69, 9.17) is 0 Å². The molecule has 0 heterocycles. The maximum Gasteiger partial charge on any atom is 0.307 e. The molecule has 0 aliphatic heterocycles. The molecule has 35 heavy (non-hydrogen) atoms. The molecule has 0 aliphatic rings. The summed E-state index contributed by atoms with van der Waals surface area (Å²) in [7, 11) is -3.40. The Labute approximate surface area is 205 Å². The minimum atomic E-state index is -3.40. The summed E-state index contributed by atoms with van der Waals surface area (Å²) in [4.78, 5) is 36.1. The lowest BCUT2D eigenvalue weighted by Crippen LogP contribution is -2.40. The van der Waals surface area contributed by atoms with E-state index in [1.54, 1.807) is 0 Å². The average molecular weight is 496 g/mol. The Morgan fingerprint density at radius 3 is 1.63 bits per heavy atom. The number of nitrogens with zero attached hydrogens (tertiary/aromatic N) is 1. The maximum absolute atomic E-state index is 12.9. The van der Waals surface area contributed by atoms with Gasteiger partial charge in [-0.2, -0.15) is 0 Å². The van der Waals surface area contributed by atoms with Gasteiger partial charge in [0.15, 0.2) is 8.03 Å². The molecule has 0 aliphatic carbocycles. The number of benzene rings is 3. The van der Waals surface area contributed by atoms with Gasteiger partial charge in [-0.1, -0.05) is 91.0 Å². The van der Waals surface area contributed by atoms with Crippen LogP contribution in [0.15, 0.2) is 91.0 Å². The summed E-state index contributed by atoms with van der Waals surface area (Å²) in [5, 5.41) is 19.2. The number of hydrogen-bond donors (Lipinski definition) is 3. The van der Waals surface area contributed by atoms with Crippen molar-refractivity contribution < 1.29 is 29.3 Å². The maximum atomic E-state index is 12.9. The molecule has 3 aromatic rings. The monoisotopic (exact) mass is 495 g/mol. The zero-order valence-corrected chi connectivity index (χ0v) is 20.2. The summed E-state index contributed by atoms with van der Waals surface area (Å²) in [6.45, 7) is 0.818. The molecule has 8 heteroatoms. The van der Waals surface area contributed by atoms with Crippen molar-refractivity contribution in [2.75, 3.05) is 0 Å². The van der Waals surface area contributed by atoms with Crippen molar-refractivity contribution in [2.24, 2.45) is 5.92 Å². The lowest BCUT2D eigenvalue weighted by Gasteiger charge is -2.39. The Morgan fingerprint density at radius 2 is 1.23 bits per heavy atom. The second-order valence-electron chi connectivity index (χ2n) is 8.47. The first-order valence-corrected chi connectivity index (χ1v) is 12.8. The van der Waals surface area contributed by atoms with Crippen molar-refractivity contribution in [2.45, 2.75) is 37.6 Å². The van der Waals surface area contributed by atoms with Crippen molar-refractivity contribution in [1.82, 2.24) is 4.90 Å². The Bertz CT molecular complexity index is 1070. The lowest BCUT2D eigenvalue weighted by molar-refractivity contribution is -0.143. The minimum Gasteiger partial charge on any atom is -0.481 e.